The lowest BCUT2D eigenvalue weighted by atomic mass is 10.4. The summed E-state index contributed by atoms with van der Waals surface area (Å²) >= 11 is 1.54. The van der Waals surface area contributed by atoms with Crippen LogP contribution in [0.2, 0.25) is 0 Å². The highest BCUT2D eigenvalue weighted by Crippen LogP contribution is 2.22. The summed E-state index contributed by atoms with van der Waals surface area (Å²) in [6.07, 6.45) is 1.37. The van der Waals surface area contributed by atoms with Crippen LogP contribution >= 0.6 is 11.3 Å². The highest BCUT2D eigenvalue weighted by atomic mass is 32.1. The lowest BCUT2D eigenvalue weighted by molar-refractivity contribution is -0.384. The molecule has 0 radical (unpaired) electrons. The highest BCUT2D eigenvalue weighted by Gasteiger charge is 2.18. The van der Waals surface area contributed by atoms with Crippen molar-refractivity contribution in [3.05, 3.63) is 32.4 Å². The first-order valence-corrected chi connectivity index (χ1v) is 5.77. The normalized spacial score (nSPS) is 10.5. The highest BCUT2D eigenvalue weighted by molar-refractivity contribution is 7.09. The molecule has 0 atom stereocenters. The lowest BCUT2D eigenvalue weighted by Crippen LogP contribution is -2.03. The van der Waals surface area contributed by atoms with E-state index in [-0.39, 0.29) is 11.5 Å². The fourth-order valence-electron chi connectivity index (χ4n) is 1.40. The zero-order chi connectivity index (χ0) is 12.4. The Morgan fingerprint density at radius 1 is 1.65 bits per heavy atom. The molecule has 0 amide bonds. The molecule has 0 aliphatic rings. The first kappa shape index (κ1) is 11.5. The topological polar surface area (TPSA) is 85.9 Å². The number of rotatable bonds is 4. The van der Waals surface area contributed by atoms with Gasteiger partial charge in [-0.3, -0.25) is 14.8 Å². The number of nitrogens with one attached hydrogen (secondary N) is 1. The fourth-order valence-corrected chi connectivity index (χ4v) is 2.01. The number of anilines is 1. The van der Waals surface area contributed by atoms with Gasteiger partial charge in [-0.1, -0.05) is 0 Å². The summed E-state index contributed by atoms with van der Waals surface area (Å²) in [7, 11) is 1.64. The van der Waals surface area contributed by atoms with E-state index < -0.39 is 4.92 Å². The van der Waals surface area contributed by atoms with Crippen molar-refractivity contribution in [2.75, 3.05) is 5.32 Å². The van der Waals surface area contributed by atoms with E-state index >= 15 is 0 Å². The van der Waals surface area contributed by atoms with Crippen LogP contribution in [-0.2, 0) is 13.6 Å². The summed E-state index contributed by atoms with van der Waals surface area (Å²) in [5.41, 5.74) is 0.826. The van der Waals surface area contributed by atoms with Gasteiger partial charge in [0, 0.05) is 12.4 Å². The summed E-state index contributed by atoms with van der Waals surface area (Å²) in [5, 5.41) is 20.5. The van der Waals surface area contributed by atoms with Crippen LogP contribution in [0.25, 0.3) is 0 Å². The molecule has 0 fully saturated rings. The molecule has 0 unspecified atom stereocenters. The first-order chi connectivity index (χ1) is 8.06. The van der Waals surface area contributed by atoms with Gasteiger partial charge in [-0.15, -0.1) is 16.4 Å². The molecule has 0 aliphatic carbocycles. The van der Waals surface area contributed by atoms with Crippen molar-refractivity contribution in [2.45, 2.75) is 13.5 Å². The second-order valence-electron chi connectivity index (χ2n) is 3.51. The predicted octanol–water partition coefficient (Wildman–Crippen LogP) is 1.71. The quantitative estimate of drug-likeness (QED) is 0.662. The van der Waals surface area contributed by atoms with Crippen molar-refractivity contribution in [3.63, 3.8) is 0 Å². The minimum absolute atomic E-state index is 0.0283. The number of nitro groups is 1. The van der Waals surface area contributed by atoms with E-state index in [9.17, 15) is 10.1 Å². The van der Waals surface area contributed by atoms with Crippen LogP contribution in [0.3, 0.4) is 0 Å². The summed E-state index contributed by atoms with van der Waals surface area (Å²) in [6.45, 7) is 2.35. The van der Waals surface area contributed by atoms with Crippen molar-refractivity contribution < 1.29 is 4.92 Å². The Morgan fingerprint density at radius 3 is 3.00 bits per heavy atom. The molecule has 8 heteroatoms. The van der Waals surface area contributed by atoms with E-state index in [1.54, 1.807) is 18.4 Å². The molecule has 0 aromatic carbocycles. The van der Waals surface area contributed by atoms with Crippen LogP contribution in [0.1, 0.15) is 10.7 Å². The van der Waals surface area contributed by atoms with Gasteiger partial charge in [-0.25, -0.2) is 4.98 Å². The Labute approximate surface area is 101 Å². The standard InChI is InChI=1S/C9H11N5O2S/c1-6-11-7(5-17-6)3-10-9-8(14(15)16)4-13(2)12-9/h4-5H,3H2,1-2H3,(H,10,12). The van der Waals surface area contributed by atoms with E-state index in [2.05, 4.69) is 15.4 Å². The minimum Gasteiger partial charge on any atom is -0.357 e. The number of thiazole rings is 1. The number of nitrogens with zero attached hydrogens (tertiary/aromatic N) is 4. The zero-order valence-electron chi connectivity index (χ0n) is 9.38. The third-order valence-electron chi connectivity index (χ3n) is 2.11. The van der Waals surface area contributed by atoms with Crippen LogP contribution in [0.4, 0.5) is 11.5 Å². The fraction of sp³-hybridized carbons (Fsp3) is 0.333. The molecule has 90 valence electrons. The molecule has 0 bridgehead atoms. The maximum absolute atomic E-state index is 10.7. The second-order valence-corrected chi connectivity index (χ2v) is 4.57. The predicted molar refractivity (Wildman–Crippen MR) is 64.0 cm³/mol. The maximum Gasteiger partial charge on any atom is 0.330 e. The van der Waals surface area contributed by atoms with Gasteiger partial charge in [-0.05, 0) is 6.92 Å². The minimum atomic E-state index is -0.457. The Kier molecular flexibility index (Phi) is 3.05. The molecule has 2 aromatic rings. The largest absolute Gasteiger partial charge is 0.357 e. The van der Waals surface area contributed by atoms with Crippen molar-refractivity contribution in [1.82, 2.24) is 14.8 Å². The number of hydrogen-bond acceptors (Lipinski definition) is 6. The average molecular weight is 253 g/mol. The van der Waals surface area contributed by atoms with Crippen LogP contribution in [0, 0.1) is 17.0 Å². The third kappa shape index (κ3) is 2.59. The van der Waals surface area contributed by atoms with E-state index in [4.69, 9.17) is 0 Å². The van der Waals surface area contributed by atoms with Gasteiger partial charge in [0.1, 0.15) is 6.20 Å². The van der Waals surface area contributed by atoms with Crippen LogP contribution < -0.4 is 5.32 Å². The monoisotopic (exact) mass is 253 g/mol. The van der Waals surface area contributed by atoms with Crippen LogP contribution in [0.15, 0.2) is 11.6 Å². The van der Waals surface area contributed by atoms with Gasteiger partial charge in [-0.2, -0.15) is 0 Å². The Hall–Kier alpha value is -1.96. The van der Waals surface area contributed by atoms with E-state index in [0.29, 0.717) is 6.54 Å². The van der Waals surface area contributed by atoms with Crippen molar-refractivity contribution >= 4 is 22.8 Å². The van der Waals surface area contributed by atoms with E-state index in [1.807, 2.05) is 12.3 Å². The van der Waals surface area contributed by atoms with Crippen molar-refractivity contribution in [3.8, 4) is 0 Å². The van der Waals surface area contributed by atoms with Crippen molar-refractivity contribution in [2.24, 2.45) is 7.05 Å². The molecule has 2 aromatic heterocycles. The van der Waals surface area contributed by atoms with Gasteiger partial charge in [0.2, 0.25) is 5.82 Å². The molecular formula is C9H11N5O2S. The Bertz CT molecular complexity index is 547. The smallest absolute Gasteiger partial charge is 0.330 e. The summed E-state index contributed by atoms with van der Waals surface area (Å²) < 4.78 is 1.41. The molecule has 0 spiro atoms. The molecular weight excluding hydrogens is 242 g/mol. The van der Waals surface area contributed by atoms with E-state index in [1.165, 1.54) is 10.9 Å². The molecule has 2 rings (SSSR count). The zero-order valence-corrected chi connectivity index (χ0v) is 10.2. The van der Waals surface area contributed by atoms with Gasteiger partial charge in [0.05, 0.1) is 22.2 Å². The number of hydrogen-bond donors (Lipinski definition) is 1. The average Bonchev–Trinajstić information content (AvgIpc) is 2.82. The second kappa shape index (κ2) is 4.50. The molecule has 0 saturated heterocycles. The summed E-state index contributed by atoms with van der Waals surface area (Å²) in [6, 6.07) is 0. The van der Waals surface area contributed by atoms with Gasteiger partial charge >= 0.3 is 5.69 Å². The Balaban J connectivity index is 2.11. The SMILES string of the molecule is Cc1nc(CNc2nn(C)cc2[N+](=O)[O-])cs1. The van der Waals surface area contributed by atoms with E-state index in [0.717, 1.165) is 10.7 Å². The molecule has 17 heavy (non-hydrogen) atoms. The lowest BCUT2D eigenvalue weighted by Gasteiger charge is -1.99. The maximum atomic E-state index is 10.7. The molecule has 2 heterocycles. The summed E-state index contributed by atoms with van der Waals surface area (Å²) in [5.74, 6) is 0.267. The number of aryl methyl sites for hydroxylation is 2. The van der Waals surface area contributed by atoms with Gasteiger partial charge in [0.25, 0.3) is 0 Å². The first-order valence-electron chi connectivity index (χ1n) is 4.89. The van der Waals surface area contributed by atoms with Gasteiger partial charge in [0.15, 0.2) is 0 Å². The molecule has 1 N–H and O–H groups in total. The summed E-state index contributed by atoms with van der Waals surface area (Å²) in [4.78, 5) is 14.6. The van der Waals surface area contributed by atoms with Gasteiger partial charge < -0.3 is 5.32 Å². The third-order valence-corrected chi connectivity index (χ3v) is 2.93. The van der Waals surface area contributed by atoms with Crippen molar-refractivity contribution in [1.29, 1.82) is 0 Å². The van der Waals surface area contributed by atoms with Crippen LogP contribution in [0.5, 0.6) is 0 Å². The van der Waals surface area contributed by atoms with Crippen LogP contribution in [-0.4, -0.2) is 19.7 Å². The molecule has 0 aliphatic heterocycles. The molecule has 0 saturated carbocycles. The number of aromatic nitrogens is 3. The molecule has 7 nitrogen and oxygen atoms in total. The Morgan fingerprint density at radius 2 is 2.41 bits per heavy atom.